The molecular formula is C19H16F3N7O. The van der Waals surface area contributed by atoms with E-state index in [1.807, 2.05) is 6.07 Å². The first-order valence-corrected chi connectivity index (χ1v) is 9.00. The van der Waals surface area contributed by atoms with Gasteiger partial charge in [0, 0.05) is 30.9 Å². The molecular weight excluding hydrogens is 399 g/mol. The fourth-order valence-corrected chi connectivity index (χ4v) is 2.92. The van der Waals surface area contributed by atoms with Gasteiger partial charge in [0.15, 0.2) is 5.82 Å². The number of hydrogen-bond donors (Lipinski definition) is 2. The molecule has 8 nitrogen and oxygen atoms in total. The zero-order valence-corrected chi connectivity index (χ0v) is 15.5. The quantitative estimate of drug-likeness (QED) is 0.504. The van der Waals surface area contributed by atoms with Crippen molar-refractivity contribution in [1.82, 2.24) is 35.0 Å². The molecule has 0 saturated carbocycles. The van der Waals surface area contributed by atoms with Crippen molar-refractivity contribution in [1.29, 1.82) is 0 Å². The molecule has 11 heteroatoms. The molecule has 3 heterocycles. The standard InChI is InChI=1S/C19H16F3N7O/c20-19(21,22)13-3-4-14-15(8-13)29(11-25-14)10-17(30)24-7-5-16-26-18(28-27-16)12-2-1-6-23-9-12/h1-4,6,8-9,11H,5,7,10H2,(H,24,30)(H,26,27,28). The fraction of sp³-hybridized carbons (Fsp3) is 0.211. The molecule has 0 radical (unpaired) electrons. The van der Waals surface area contributed by atoms with Crippen molar-refractivity contribution >= 4 is 16.9 Å². The molecule has 1 aromatic carbocycles. The molecule has 0 fully saturated rings. The molecule has 4 aromatic rings. The number of amides is 1. The Bertz CT molecular complexity index is 1170. The number of pyridine rings is 1. The van der Waals surface area contributed by atoms with E-state index in [-0.39, 0.29) is 18.0 Å². The number of carbonyl (C=O) groups excluding carboxylic acids is 1. The van der Waals surface area contributed by atoms with Gasteiger partial charge >= 0.3 is 6.18 Å². The van der Waals surface area contributed by atoms with E-state index >= 15 is 0 Å². The molecule has 0 unspecified atom stereocenters. The number of aromatic amines is 1. The highest BCUT2D eigenvalue weighted by molar-refractivity contribution is 5.81. The minimum Gasteiger partial charge on any atom is -0.354 e. The average molecular weight is 415 g/mol. The molecule has 0 bridgehead atoms. The highest BCUT2D eigenvalue weighted by atomic mass is 19.4. The predicted octanol–water partition coefficient (Wildman–Crippen LogP) is 2.59. The Morgan fingerprint density at radius 1 is 1.23 bits per heavy atom. The Morgan fingerprint density at radius 3 is 2.87 bits per heavy atom. The summed E-state index contributed by atoms with van der Waals surface area (Å²) in [5.41, 5.74) is 0.623. The molecule has 1 amide bonds. The van der Waals surface area contributed by atoms with Crippen LogP contribution < -0.4 is 5.32 Å². The van der Waals surface area contributed by atoms with Gasteiger partial charge in [-0.05, 0) is 30.3 Å². The number of H-pyrrole nitrogens is 1. The van der Waals surface area contributed by atoms with Crippen molar-refractivity contribution < 1.29 is 18.0 Å². The zero-order chi connectivity index (χ0) is 21.1. The lowest BCUT2D eigenvalue weighted by atomic mass is 10.2. The van der Waals surface area contributed by atoms with Crippen LogP contribution >= 0.6 is 0 Å². The number of nitrogens with one attached hydrogen (secondary N) is 2. The van der Waals surface area contributed by atoms with Crippen molar-refractivity contribution in [2.24, 2.45) is 0 Å². The van der Waals surface area contributed by atoms with Crippen molar-refractivity contribution in [2.75, 3.05) is 6.54 Å². The van der Waals surface area contributed by atoms with E-state index in [1.165, 1.54) is 17.0 Å². The summed E-state index contributed by atoms with van der Waals surface area (Å²) in [6.45, 7) is 0.149. The third-order valence-corrected chi connectivity index (χ3v) is 4.40. The number of benzene rings is 1. The second kappa shape index (κ2) is 7.93. The smallest absolute Gasteiger partial charge is 0.354 e. The minimum absolute atomic E-state index is 0.144. The van der Waals surface area contributed by atoms with Crippen LogP contribution in [0.4, 0.5) is 13.2 Å². The van der Waals surface area contributed by atoms with Gasteiger partial charge in [0.25, 0.3) is 0 Å². The second-order valence-electron chi connectivity index (χ2n) is 6.52. The topological polar surface area (TPSA) is 101 Å². The van der Waals surface area contributed by atoms with Crippen molar-refractivity contribution in [3.63, 3.8) is 0 Å². The van der Waals surface area contributed by atoms with Crippen LogP contribution in [0.5, 0.6) is 0 Å². The molecule has 154 valence electrons. The van der Waals surface area contributed by atoms with E-state index in [9.17, 15) is 18.0 Å². The highest BCUT2D eigenvalue weighted by Crippen LogP contribution is 2.31. The van der Waals surface area contributed by atoms with Crippen molar-refractivity contribution in [2.45, 2.75) is 19.1 Å². The molecule has 0 saturated heterocycles. The summed E-state index contributed by atoms with van der Waals surface area (Å²) in [5, 5.41) is 9.64. The minimum atomic E-state index is -4.46. The van der Waals surface area contributed by atoms with Gasteiger partial charge in [-0.3, -0.25) is 14.9 Å². The summed E-state index contributed by atoms with van der Waals surface area (Å²) in [7, 11) is 0. The fourth-order valence-electron chi connectivity index (χ4n) is 2.92. The third-order valence-electron chi connectivity index (χ3n) is 4.40. The maximum Gasteiger partial charge on any atom is 0.416 e. The molecule has 0 atom stereocenters. The Hall–Kier alpha value is -3.76. The zero-order valence-electron chi connectivity index (χ0n) is 15.5. The largest absolute Gasteiger partial charge is 0.416 e. The SMILES string of the molecule is O=C(Cn1cnc2ccc(C(F)(F)F)cc21)NCCc1nc(-c2cccnc2)n[nH]1. The molecule has 0 aliphatic rings. The number of alkyl halides is 3. The Balaban J connectivity index is 1.35. The van der Waals surface area contributed by atoms with Crippen LogP contribution in [-0.4, -0.2) is 42.2 Å². The van der Waals surface area contributed by atoms with Gasteiger partial charge in [0.05, 0.1) is 22.9 Å². The summed E-state index contributed by atoms with van der Waals surface area (Å²) >= 11 is 0. The molecule has 4 rings (SSSR count). The second-order valence-corrected chi connectivity index (χ2v) is 6.52. The van der Waals surface area contributed by atoms with Gasteiger partial charge < -0.3 is 9.88 Å². The van der Waals surface area contributed by atoms with E-state index in [1.54, 1.807) is 18.5 Å². The van der Waals surface area contributed by atoms with Crippen LogP contribution in [0.3, 0.4) is 0 Å². The average Bonchev–Trinajstić information content (AvgIpc) is 3.35. The number of fused-ring (bicyclic) bond motifs is 1. The summed E-state index contributed by atoms with van der Waals surface area (Å²) in [6, 6.07) is 6.86. The van der Waals surface area contributed by atoms with Gasteiger partial charge in [0.2, 0.25) is 5.91 Å². The highest BCUT2D eigenvalue weighted by Gasteiger charge is 2.30. The lowest BCUT2D eigenvalue weighted by molar-refractivity contribution is -0.137. The Kier molecular flexibility index (Phi) is 5.17. The monoisotopic (exact) mass is 415 g/mol. The van der Waals surface area contributed by atoms with Gasteiger partial charge in [0.1, 0.15) is 12.4 Å². The lowest BCUT2D eigenvalue weighted by Crippen LogP contribution is -2.29. The predicted molar refractivity (Wildman–Crippen MR) is 101 cm³/mol. The number of halogens is 3. The molecule has 0 aliphatic carbocycles. The van der Waals surface area contributed by atoms with Crippen molar-refractivity contribution in [3.8, 4) is 11.4 Å². The first kappa shape index (κ1) is 19.6. The number of imidazole rings is 1. The first-order chi connectivity index (χ1) is 14.4. The molecule has 2 N–H and O–H groups in total. The molecule has 0 aliphatic heterocycles. The normalized spacial score (nSPS) is 11.7. The number of nitrogens with zero attached hydrogens (tertiary/aromatic N) is 5. The maximum atomic E-state index is 12.9. The molecule has 0 spiro atoms. The van der Waals surface area contributed by atoms with Crippen LogP contribution in [0.25, 0.3) is 22.4 Å². The molecule has 3 aromatic heterocycles. The summed E-state index contributed by atoms with van der Waals surface area (Å²) < 4.78 is 40.2. The summed E-state index contributed by atoms with van der Waals surface area (Å²) in [6.07, 6.45) is 0.606. The Morgan fingerprint density at radius 2 is 2.10 bits per heavy atom. The first-order valence-electron chi connectivity index (χ1n) is 9.00. The van der Waals surface area contributed by atoms with Gasteiger partial charge in [-0.2, -0.15) is 18.3 Å². The van der Waals surface area contributed by atoms with Crippen molar-refractivity contribution in [3.05, 3.63) is 60.4 Å². The summed E-state index contributed by atoms with van der Waals surface area (Å²) in [5.74, 6) is 0.755. The Labute approximate surface area is 168 Å². The molecule has 30 heavy (non-hydrogen) atoms. The van der Waals surface area contributed by atoms with E-state index in [0.717, 1.165) is 17.7 Å². The number of rotatable bonds is 6. The van der Waals surface area contributed by atoms with E-state index in [0.29, 0.717) is 30.1 Å². The van der Waals surface area contributed by atoms with Crippen LogP contribution in [0.1, 0.15) is 11.4 Å². The van der Waals surface area contributed by atoms with Gasteiger partial charge in [-0.15, -0.1) is 0 Å². The van der Waals surface area contributed by atoms with E-state index in [2.05, 4.69) is 30.5 Å². The number of aromatic nitrogens is 6. The van der Waals surface area contributed by atoms with Crippen LogP contribution in [0, 0.1) is 0 Å². The number of hydrogen-bond acceptors (Lipinski definition) is 5. The van der Waals surface area contributed by atoms with Crippen LogP contribution in [-0.2, 0) is 23.9 Å². The number of carbonyl (C=O) groups is 1. The van der Waals surface area contributed by atoms with Crippen LogP contribution in [0.2, 0.25) is 0 Å². The van der Waals surface area contributed by atoms with E-state index < -0.39 is 11.7 Å². The maximum absolute atomic E-state index is 12.9. The van der Waals surface area contributed by atoms with Crippen LogP contribution in [0.15, 0.2) is 49.1 Å². The van der Waals surface area contributed by atoms with Gasteiger partial charge in [-0.25, -0.2) is 9.97 Å². The summed E-state index contributed by atoms with van der Waals surface area (Å²) in [4.78, 5) is 24.6. The lowest BCUT2D eigenvalue weighted by Gasteiger charge is -2.08. The van der Waals surface area contributed by atoms with Gasteiger partial charge in [-0.1, -0.05) is 0 Å². The van der Waals surface area contributed by atoms with E-state index in [4.69, 9.17) is 0 Å². The third kappa shape index (κ3) is 4.29.